The van der Waals surface area contributed by atoms with Crippen molar-refractivity contribution in [2.45, 2.75) is 77.4 Å². The summed E-state index contributed by atoms with van der Waals surface area (Å²) >= 11 is 0. The second-order valence-electron chi connectivity index (χ2n) is 10.8. The molecule has 212 valence electrons. The van der Waals surface area contributed by atoms with Crippen molar-refractivity contribution in [3.05, 3.63) is 78.2 Å². The van der Waals surface area contributed by atoms with Crippen molar-refractivity contribution in [3.8, 4) is 11.1 Å². The maximum Gasteiger partial charge on any atom is 0.290 e. The molecule has 1 aromatic heterocycles. The standard InChI is InChI=1S/C32H40N4O4/c1-3-22(2)29(32(39)33-21-25-16-10-11-17-26(25)24-14-8-5-9-15-24)36-30(37)27(20-23-12-6-4-7-13-23)35-31(38)28-18-19-34-40-28/h5,8-11,14-19,22-23,27,29H,3-4,6-7,12-13,20-21H2,1-2H3,(H,33,39)(H,35,38)(H,36,37)/t22-,27-,29-/m0/s1. The van der Waals surface area contributed by atoms with Gasteiger partial charge in [0, 0.05) is 12.6 Å². The molecule has 0 aliphatic heterocycles. The summed E-state index contributed by atoms with van der Waals surface area (Å²) in [5, 5.41) is 12.5. The van der Waals surface area contributed by atoms with Crippen LogP contribution in [0.15, 0.2) is 71.4 Å². The Balaban J connectivity index is 1.46. The lowest BCUT2D eigenvalue weighted by Gasteiger charge is -2.29. The molecule has 1 aliphatic carbocycles. The first-order valence-electron chi connectivity index (χ1n) is 14.4. The van der Waals surface area contributed by atoms with Crippen LogP contribution in [0.2, 0.25) is 0 Å². The highest BCUT2D eigenvalue weighted by Crippen LogP contribution is 2.28. The topological polar surface area (TPSA) is 113 Å². The number of amides is 3. The molecular formula is C32H40N4O4. The summed E-state index contributed by atoms with van der Waals surface area (Å²) in [5.41, 5.74) is 3.12. The fraction of sp³-hybridized carbons (Fsp3) is 0.438. The van der Waals surface area contributed by atoms with Gasteiger partial charge in [-0.3, -0.25) is 14.4 Å². The van der Waals surface area contributed by atoms with Gasteiger partial charge in [-0.1, -0.05) is 112 Å². The first-order valence-corrected chi connectivity index (χ1v) is 14.4. The molecule has 0 spiro atoms. The van der Waals surface area contributed by atoms with Gasteiger partial charge in [-0.15, -0.1) is 0 Å². The predicted molar refractivity (Wildman–Crippen MR) is 154 cm³/mol. The third-order valence-electron chi connectivity index (χ3n) is 7.93. The molecular weight excluding hydrogens is 504 g/mol. The highest BCUT2D eigenvalue weighted by molar-refractivity contribution is 5.96. The molecule has 8 nitrogen and oxygen atoms in total. The van der Waals surface area contributed by atoms with Crippen LogP contribution in [0.5, 0.6) is 0 Å². The summed E-state index contributed by atoms with van der Waals surface area (Å²) in [7, 11) is 0. The summed E-state index contributed by atoms with van der Waals surface area (Å²) < 4.78 is 5.00. The zero-order valence-corrected chi connectivity index (χ0v) is 23.4. The number of carbonyl (C=O) groups excluding carboxylic acids is 3. The molecule has 0 radical (unpaired) electrons. The lowest BCUT2D eigenvalue weighted by molar-refractivity contribution is -0.131. The molecule has 3 atom stereocenters. The van der Waals surface area contributed by atoms with Gasteiger partial charge < -0.3 is 20.5 Å². The van der Waals surface area contributed by atoms with E-state index in [1.807, 2.05) is 68.4 Å². The molecule has 1 aliphatic rings. The van der Waals surface area contributed by atoms with E-state index in [1.165, 1.54) is 18.7 Å². The number of nitrogens with one attached hydrogen (secondary N) is 3. The monoisotopic (exact) mass is 544 g/mol. The first-order chi connectivity index (χ1) is 19.5. The second-order valence-corrected chi connectivity index (χ2v) is 10.8. The van der Waals surface area contributed by atoms with Gasteiger partial charge in [0.2, 0.25) is 17.6 Å². The molecule has 3 amide bonds. The minimum absolute atomic E-state index is 0.0507. The van der Waals surface area contributed by atoms with E-state index in [0.717, 1.165) is 42.4 Å². The number of rotatable bonds is 12. The number of benzene rings is 2. The molecule has 0 unspecified atom stereocenters. The smallest absolute Gasteiger partial charge is 0.290 e. The van der Waals surface area contributed by atoms with Crippen molar-refractivity contribution >= 4 is 17.7 Å². The van der Waals surface area contributed by atoms with E-state index in [9.17, 15) is 14.4 Å². The molecule has 1 heterocycles. The SMILES string of the molecule is CC[C@H](C)[C@H](NC(=O)[C@H](CC1CCCCC1)NC(=O)c1ccno1)C(=O)NCc1ccccc1-c1ccccc1. The van der Waals surface area contributed by atoms with Crippen LogP contribution in [-0.4, -0.2) is 35.0 Å². The molecule has 40 heavy (non-hydrogen) atoms. The van der Waals surface area contributed by atoms with Crippen LogP contribution >= 0.6 is 0 Å². The van der Waals surface area contributed by atoms with E-state index in [-0.39, 0.29) is 23.5 Å². The minimum atomic E-state index is -0.779. The van der Waals surface area contributed by atoms with Gasteiger partial charge >= 0.3 is 0 Å². The van der Waals surface area contributed by atoms with Crippen molar-refractivity contribution in [1.82, 2.24) is 21.1 Å². The van der Waals surface area contributed by atoms with Gasteiger partial charge in [-0.05, 0) is 34.9 Å². The summed E-state index contributed by atoms with van der Waals surface area (Å²) in [6, 6.07) is 18.0. The third-order valence-corrected chi connectivity index (χ3v) is 7.93. The molecule has 4 rings (SSSR count). The molecule has 0 saturated heterocycles. The Morgan fingerprint density at radius 2 is 1.65 bits per heavy atom. The Morgan fingerprint density at radius 3 is 2.35 bits per heavy atom. The number of carbonyl (C=O) groups is 3. The van der Waals surface area contributed by atoms with Crippen LogP contribution in [0, 0.1) is 11.8 Å². The first kappa shape index (κ1) is 29.1. The van der Waals surface area contributed by atoms with E-state index in [2.05, 4.69) is 21.1 Å². The van der Waals surface area contributed by atoms with Gasteiger partial charge in [-0.25, -0.2) is 0 Å². The van der Waals surface area contributed by atoms with Crippen LogP contribution in [0.1, 0.15) is 74.9 Å². The summed E-state index contributed by atoms with van der Waals surface area (Å²) in [5.74, 6) is -0.809. The lowest BCUT2D eigenvalue weighted by Crippen LogP contribution is -2.56. The van der Waals surface area contributed by atoms with Gasteiger partial charge in [0.25, 0.3) is 5.91 Å². The van der Waals surface area contributed by atoms with Gasteiger partial charge in [-0.2, -0.15) is 0 Å². The Labute approximate surface area is 236 Å². The molecule has 0 bridgehead atoms. The van der Waals surface area contributed by atoms with E-state index < -0.39 is 18.0 Å². The van der Waals surface area contributed by atoms with Crippen LogP contribution in [0.3, 0.4) is 0 Å². The largest absolute Gasteiger partial charge is 0.351 e. The van der Waals surface area contributed by atoms with Crippen molar-refractivity contribution < 1.29 is 18.9 Å². The van der Waals surface area contributed by atoms with Gasteiger partial charge in [0.1, 0.15) is 12.1 Å². The highest BCUT2D eigenvalue weighted by Gasteiger charge is 2.32. The molecule has 3 aromatic rings. The summed E-state index contributed by atoms with van der Waals surface area (Å²) in [6.07, 6.45) is 8.11. The van der Waals surface area contributed by atoms with Crippen LogP contribution in [-0.2, 0) is 16.1 Å². The Hall–Kier alpha value is -3.94. The van der Waals surface area contributed by atoms with Gasteiger partial charge in [0.05, 0.1) is 6.20 Å². The van der Waals surface area contributed by atoms with Crippen molar-refractivity contribution in [2.75, 3.05) is 0 Å². The lowest BCUT2D eigenvalue weighted by atomic mass is 9.84. The van der Waals surface area contributed by atoms with E-state index in [0.29, 0.717) is 25.3 Å². The maximum absolute atomic E-state index is 13.6. The fourth-order valence-electron chi connectivity index (χ4n) is 5.37. The molecule has 1 fully saturated rings. The molecule has 2 aromatic carbocycles. The van der Waals surface area contributed by atoms with Crippen molar-refractivity contribution in [1.29, 1.82) is 0 Å². The zero-order chi connectivity index (χ0) is 28.3. The number of hydrogen-bond donors (Lipinski definition) is 3. The predicted octanol–water partition coefficient (Wildman–Crippen LogP) is 5.26. The highest BCUT2D eigenvalue weighted by atomic mass is 16.5. The maximum atomic E-state index is 13.6. The van der Waals surface area contributed by atoms with E-state index >= 15 is 0 Å². The van der Waals surface area contributed by atoms with Crippen molar-refractivity contribution in [2.24, 2.45) is 11.8 Å². The average molecular weight is 545 g/mol. The fourth-order valence-corrected chi connectivity index (χ4v) is 5.37. The Bertz CT molecular complexity index is 1240. The zero-order valence-electron chi connectivity index (χ0n) is 23.4. The number of nitrogens with zero attached hydrogens (tertiary/aromatic N) is 1. The summed E-state index contributed by atoms with van der Waals surface area (Å²) in [6.45, 7) is 4.28. The Morgan fingerprint density at radius 1 is 0.925 bits per heavy atom. The van der Waals surface area contributed by atoms with Crippen LogP contribution in [0.4, 0.5) is 0 Å². The second kappa shape index (κ2) is 14.4. The van der Waals surface area contributed by atoms with Crippen LogP contribution < -0.4 is 16.0 Å². The quantitative estimate of drug-likeness (QED) is 0.288. The average Bonchev–Trinajstić information content (AvgIpc) is 3.54. The normalized spacial score (nSPS) is 15.9. The van der Waals surface area contributed by atoms with E-state index in [4.69, 9.17) is 4.52 Å². The Kier molecular flexibility index (Phi) is 10.5. The number of aromatic nitrogens is 1. The third kappa shape index (κ3) is 7.81. The van der Waals surface area contributed by atoms with E-state index in [1.54, 1.807) is 0 Å². The van der Waals surface area contributed by atoms with Crippen LogP contribution in [0.25, 0.3) is 11.1 Å². The van der Waals surface area contributed by atoms with Crippen molar-refractivity contribution in [3.63, 3.8) is 0 Å². The molecule has 1 saturated carbocycles. The number of hydrogen-bond acceptors (Lipinski definition) is 5. The molecule has 8 heteroatoms. The minimum Gasteiger partial charge on any atom is -0.351 e. The molecule has 3 N–H and O–H groups in total. The van der Waals surface area contributed by atoms with Gasteiger partial charge in [0.15, 0.2) is 0 Å². The summed E-state index contributed by atoms with van der Waals surface area (Å²) in [4.78, 5) is 39.9.